The molecule has 3 heteroatoms. The van der Waals surface area contributed by atoms with Crippen molar-refractivity contribution in [1.82, 2.24) is 5.32 Å². The van der Waals surface area contributed by atoms with E-state index in [0.29, 0.717) is 12.0 Å². The first-order chi connectivity index (χ1) is 10.2. The van der Waals surface area contributed by atoms with Crippen molar-refractivity contribution in [2.75, 3.05) is 19.8 Å². The molecule has 0 radical (unpaired) electrons. The first kappa shape index (κ1) is 15.8. The Hall–Kier alpha value is -0.120. The van der Waals surface area contributed by atoms with E-state index in [0.717, 1.165) is 19.8 Å². The third-order valence-electron chi connectivity index (χ3n) is 6.04. The van der Waals surface area contributed by atoms with Crippen LogP contribution in [0.3, 0.4) is 0 Å². The molecule has 0 bridgehead atoms. The van der Waals surface area contributed by atoms with Crippen LogP contribution in [-0.4, -0.2) is 37.0 Å². The van der Waals surface area contributed by atoms with Gasteiger partial charge in [0.15, 0.2) is 0 Å². The number of ether oxygens (including phenoxy) is 2. The Labute approximate surface area is 130 Å². The fourth-order valence-corrected chi connectivity index (χ4v) is 4.65. The zero-order valence-corrected chi connectivity index (χ0v) is 14.0. The molecule has 122 valence electrons. The fourth-order valence-electron chi connectivity index (χ4n) is 4.65. The summed E-state index contributed by atoms with van der Waals surface area (Å²) in [4.78, 5) is 0. The topological polar surface area (TPSA) is 30.5 Å². The summed E-state index contributed by atoms with van der Waals surface area (Å²) in [5.74, 6) is 0.716. The van der Waals surface area contributed by atoms with Gasteiger partial charge in [-0.1, -0.05) is 6.92 Å². The SMILES string of the molecule is CCCNC(C1CCOC2(CCC2)C1)C1(C)CCCCO1. The van der Waals surface area contributed by atoms with E-state index in [4.69, 9.17) is 9.47 Å². The van der Waals surface area contributed by atoms with E-state index in [-0.39, 0.29) is 11.2 Å². The molecule has 21 heavy (non-hydrogen) atoms. The van der Waals surface area contributed by atoms with Gasteiger partial charge in [0, 0.05) is 19.3 Å². The van der Waals surface area contributed by atoms with Crippen LogP contribution in [0.15, 0.2) is 0 Å². The Balaban J connectivity index is 1.71. The third kappa shape index (κ3) is 3.30. The summed E-state index contributed by atoms with van der Waals surface area (Å²) < 4.78 is 12.4. The standard InChI is InChI=1S/C18H33NO2/c1-3-11-19-16(17(2)8-4-5-12-20-17)15-7-13-21-18(14-15)9-6-10-18/h15-16,19H,3-14H2,1-2H3. The zero-order valence-electron chi connectivity index (χ0n) is 14.0. The van der Waals surface area contributed by atoms with Gasteiger partial charge in [-0.3, -0.25) is 0 Å². The highest BCUT2D eigenvalue weighted by atomic mass is 16.5. The molecule has 1 aliphatic carbocycles. The summed E-state index contributed by atoms with van der Waals surface area (Å²) in [7, 11) is 0. The van der Waals surface area contributed by atoms with Crippen molar-refractivity contribution in [3.63, 3.8) is 0 Å². The molecule has 0 aromatic heterocycles. The van der Waals surface area contributed by atoms with Gasteiger partial charge in [0.25, 0.3) is 0 Å². The Morgan fingerprint density at radius 1 is 1.10 bits per heavy atom. The van der Waals surface area contributed by atoms with E-state index in [1.54, 1.807) is 0 Å². The molecule has 3 fully saturated rings. The van der Waals surface area contributed by atoms with Crippen molar-refractivity contribution in [2.24, 2.45) is 5.92 Å². The largest absolute Gasteiger partial charge is 0.375 e. The van der Waals surface area contributed by atoms with Crippen molar-refractivity contribution in [3.05, 3.63) is 0 Å². The van der Waals surface area contributed by atoms with Crippen molar-refractivity contribution in [3.8, 4) is 0 Å². The summed E-state index contributed by atoms with van der Waals surface area (Å²) in [5, 5.41) is 3.85. The second-order valence-corrected chi connectivity index (χ2v) is 7.69. The average molecular weight is 295 g/mol. The molecular formula is C18H33NO2. The first-order valence-corrected chi connectivity index (χ1v) is 9.19. The molecule has 0 aromatic carbocycles. The lowest BCUT2D eigenvalue weighted by atomic mass is 9.67. The Morgan fingerprint density at radius 2 is 1.95 bits per heavy atom. The summed E-state index contributed by atoms with van der Waals surface area (Å²) >= 11 is 0. The van der Waals surface area contributed by atoms with Crippen LogP contribution < -0.4 is 5.32 Å². The predicted molar refractivity (Wildman–Crippen MR) is 85.5 cm³/mol. The van der Waals surface area contributed by atoms with E-state index in [1.165, 1.54) is 57.8 Å². The van der Waals surface area contributed by atoms with Gasteiger partial charge in [-0.05, 0) is 77.2 Å². The molecule has 2 aliphatic heterocycles. The molecule has 3 atom stereocenters. The third-order valence-corrected chi connectivity index (χ3v) is 6.04. The molecule has 0 aromatic rings. The van der Waals surface area contributed by atoms with Crippen LogP contribution in [0, 0.1) is 5.92 Å². The maximum atomic E-state index is 6.29. The monoisotopic (exact) mass is 295 g/mol. The highest BCUT2D eigenvalue weighted by Crippen LogP contribution is 2.47. The minimum Gasteiger partial charge on any atom is -0.375 e. The molecule has 3 unspecified atom stereocenters. The van der Waals surface area contributed by atoms with Crippen molar-refractivity contribution >= 4 is 0 Å². The predicted octanol–water partition coefficient (Wildman–Crippen LogP) is 3.66. The van der Waals surface area contributed by atoms with Gasteiger partial charge in [-0.25, -0.2) is 0 Å². The number of nitrogens with one attached hydrogen (secondary N) is 1. The number of hydrogen-bond acceptors (Lipinski definition) is 3. The van der Waals surface area contributed by atoms with Gasteiger partial charge in [-0.2, -0.15) is 0 Å². The Bertz CT molecular complexity index is 334. The zero-order chi connectivity index (χ0) is 14.8. The summed E-state index contributed by atoms with van der Waals surface area (Å²) in [6.07, 6.45) is 11.3. The van der Waals surface area contributed by atoms with Crippen LogP contribution in [0.1, 0.15) is 71.6 Å². The van der Waals surface area contributed by atoms with Crippen LogP contribution >= 0.6 is 0 Å². The molecule has 1 saturated carbocycles. The molecule has 2 saturated heterocycles. The number of hydrogen-bond donors (Lipinski definition) is 1. The highest BCUT2D eigenvalue weighted by Gasteiger charge is 2.48. The minimum absolute atomic E-state index is 0.0281. The summed E-state index contributed by atoms with van der Waals surface area (Å²) in [5.41, 5.74) is 0.264. The first-order valence-electron chi connectivity index (χ1n) is 9.19. The number of rotatable bonds is 5. The quantitative estimate of drug-likeness (QED) is 0.839. The lowest BCUT2D eigenvalue weighted by molar-refractivity contribution is -0.167. The molecule has 3 nitrogen and oxygen atoms in total. The average Bonchev–Trinajstić information content (AvgIpc) is 2.47. The van der Waals surface area contributed by atoms with Crippen LogP contribution in [0.2, 0.25) is 0 Å². The van der Waals surface area contributed by atoms with Crippen molar-refractivity contribution in [1.29, 1.82) is 0 Å². The van der Waals surface area contributed by atoms with E-state index in [2.05, 4.69) is 19.2 Å². The fraction of sp³-hybridized carbons (Fsp3) is 1.00. The van der Waals surface area contributed by atoms with E-state index in [9.17, 15) is 0 Å². The smallest absolute Gasteiger partial charge is 0.0809 e. The minimum atomic E-state index is 0.0281. The van der Waals surface area contributed by atoms with E-state index < -0.39 is 0 Å². The summed E-state index contributed by atoms with van der Waals surface area (Å²) in [6.45, 7) is 7.60. The van der Waals surface area contributed by atoms with Gasteiger partial charge in [0.05, 0.1) is 11.2 Å². The van der Waals surface area contributed by atoms with Crippen LogP contribution in [-0.2, 0) is 9.47 Å². The molecule has 2 heterocycles. The van der Waals surface area contributed by atoms with Gasteiger partial charge in [-0.15, -0.1) is 0 Å². The second kappa shape index (κ2) is 6.55. The van der Waals surface area contributed by atoms with Crippen LogP contribution in [0.4, 0.5) is 0 Å². The van der Waals surface area contributed by atoms with E-state index >= 15 is 0 Å². The maximum absolute atomic E-state index is 6.29. The lowest BCUT2D eigenvalue weighted by Gasteiger charge is -2.52. The van der Waals surface area contributed by atoms with Crippen molar-refractivity contribution < 1.29 is 9.47 Å². The van der Waals surface area contributed by atoms with Crippen molar-refractivity contribution in [2.45, 2.75) is 88.9 Å². The molecule has 3 rings (SSSR count). The molecular weight excluding hydrogens is 262 g/mol. The lowest BCUT2D eigenvalue weighted by Crippen LogP contribution is -2.59. The normalized spacial score (nSPS) is 37.1. The van der Waals surface area contributed by atoms with Crippen LogP contribution in [0.25, 0.3) is 0 Å². The van der Waals surface area contributed by atoms with E-state index in [1.807, 2.05) is 0 Å². The van der Waals surface area contributed by atoms with Gasteiger partial charge < -0.3 is 14.8 Å². The van der Waals surface area contributed by atoms with Gasteiger partial charge >= 0.3 is 0 Å². The van der Waals surface area contributed by atoms with Gasteiger partial charge in [0.2, 0.25) is 0 Å². The summed E-state index contributed by atoms with van der Waals surface area (Å²) in [6, 6.07) is 0.499. The molecule has 0 amide bonds. The molecule has 1 N–H and O–H groups in total. The maximum Gasteiger partial charge on any atom is 0.0809 e. The Kier molecular flexibility index (Phi) is 4.92. The van der Waals surface area contributed by atoms with Crippen LogP contribution in [0.5, 0.6) is 0 Å². The van der Waals surface area contributed by atoms with Gasteiger partial charge in [0.1, 0.15) is 0 Å². The molecule has 3 aliphatic rings. The highest BCUT2D eigenvalue weighted by molar-refractivity contribution is 5.02. The Morgan fingerprint density at radius 3 is 2.57 bits per heavy atom. The second-order valence-electron chi connectivity index (χ2n) is 7.69. The molecule has 1 spiro atoms.